The van der Waals surface area contributed by atoms with E-state index >= 15 is 0 Å². The molecule has 1 aliphatic rings. The van der Waals surface area contributed by atoms with E-state index in [9.17, 15) is 4.79 Å². The van der Waals surface area contributed by atoms with Crippen LogP contribution in [-0.2, 0) is 11.3 Å². The number of carbonyl (C=O) groups is 1. The topological polar surface area (TPSA) is 41.6 Å². The van der Waals surface area contributed by atoms with Crippen molar-refractivity contribution < 1.29 is 9.53 Å². The van der Waals surface area contributed by atoms with Gasteiger partial charge < -0.3 is 4.74 Å². The lowest BCUT2D eigenvalue weighted by atomic mass is 10.0. The van der Waals surface area contributed by atoms with Crippen molar-refractivity contribution in [2.24, 2.45) is 0 Å². The van der Waals surface area contributed by atoms with Crippen LogP contribution in [0.15, 0.2) is 54.6 Å². The predicted octanol–water partition coefficient (Wildman–Crippen LogP) is 5.02. The van der Waals surface area contributed by atoms with Crippen LogP contribution in [0.25, 0.3) is 0 Å². The number of piperidine rings is 1. The second-order valence-electron chi connectivity index (χ2n) is 7.29. The highest BCUT2D eigenvalue weighted by atomic mass is 16.6. The van der Waals surface area contributed by atoms with Crippen LogP contribution in [0, 0.1) is 0 Å². The van der Waals surface area contributed by atoms with E-state index in [1.807, 2.05) is 30.3 Å². The third-order valence-electron chi connectivity index (χ3n) is 4.81. The monoisotopic (exact) mass is 352 g/mol. The highest BCUT2D eigenvalue weighted by molar-refractivity contribution is 5.84. The minimum atomic E-state index is -0.367. The van der Waals surface area contributed by atoms with E-state index in [1.165, 1.54) is 11.1 Å². The van der Waals surface area contributed by atoms with Crippen molar-refractivity contribution in [2.45, 2.75) is 45.3 Å². The lowest BCUT2D eigenvalue weighted by Crippen LogP contribution is -2.40. The Morgan fingerprint density at radius 2 is 1.88 bits per heavy atom. The van der Waals surface area contributed by atoms with Gasteiger partial charge in [-0.05, 0) is 48.6 Å². The molecule has 0 aromatic heterocycles. The van der Waals surface area contributed by atoms with Crippen LogP contribution in [0.3, 0.4) is 0 Å². The van der Waals surface area contributed by atoms with Crippen molar-refractivity contribution >= 4 is 11.8 Å². The predicted molar refractivity (Wildman–Crippen MR) is 105 cm³/mol. The Bertz CT molecular complexity index is 698. The van der Waals surface area contributed by atoms with Gasteiger partial charge in [-0.25, -0.2) is 4.79 Å². The van der Waals surface area contributed by atoms with Gasteiger partial charge >= 0.3 is 6.09 Å². The van der Waals surface area contributed by atoms with Gasteiger partial charge in [0.2, 0.25) is 0 Å². The first-order valence-electron chi connectivity index (χ1n) is 9.44. The third kappa shape index (κ3) is 5.33. The van der Waals surface area contributed by atoms with Crippen LogP contribution in [0.5, 0.6) is 0 Å². The number of nitrogens with zero attached hydrogens (tertiary/aromatic N) is 1. The van der Waals surface area contributed by atoms with Crippen LogP contribution in [-0.4, -0.2) is 30.2 Å². The molecule has 1 unspecified atom stereocenters. The molecule has 1 heterocycles. The number of carbonyl (C=O) groups excluding carboxylic acids is 1. The number of hydrogen-bond acceptors (Lipinski definition) is 3. The van der Waals surface area contributed by atoms with Crippen molar-refractivity contribution in [3.8, 4) is 0 Å². The average molecular weight is 352 g/mol. The Morgan fingerprint density at radius 3 is 2.58 bits per heavy atom. The lowest BCUT2D eigenvalue weighted by Gasteiger charge is -2.32. The molecule has 138 valence electrons. The van der Waals surface area contributed by atoms with E-state index in [0.717, 1.165) is 38.2 Å². The molecule has 1 fully saturated rings. The van der Waals surface area contributed by atoms with E-state index in [2.05, 4.69) is 48.3 Å². The smallest absolute Gasteiger partial charge is 0.411 e. The van der Waals surface area contributed by atoms with Gasteiger partial charge in [0, 0.05) is 18.8 Å². The molecule has 4 heteroatoms. The first-order chi connectivity index (χ1) is 12.6. The number of anilines is 1. The summed E-state index contributed by atoms with van der Waals surface area (Å²) in [6.07, 6.45) is 1.55. The minimum absolute atomic E-state index is 0.0533. The molecule has 0 saturated carbocycles. The number of likely N-dealkylation sites (tertiary alicyclic amines) is 1. The maximum absolute atomic E-state index is 12.2. The second kappa shape index (κ2) is 8.86. The van der Waals surface area contributed by atoms with Crippen LogP contribution >= 0.6 is 0 Å². The fraction of sp³-hybridized carbons (Fsp3) is 0.409. The van der Waals surface area contributed by atoms with Crippen molar-refractivity contribution in [1.82, 2.24) is 4.90 Å². The molecule has 1 saturated heterocycles. The molecule has 1 aliphatic heterocycles. The Labute approximate surface area is 156 Å². The highest BCUT2D eigenvalue weighted by Crippen LogP contribution is 2.19. The molecule has 0 radical (unpaired) electrons. The van der Waals surface area contributed by atoms with Crippen molar-refractivity contribution in [3.63, 3.8) is 0 Å². The number of ether oxygens (including phenoxy) is 1. The molecule has 2 aromatic rings. The van der Waals surface area contributed by atoms with Crippen molar-refractivity contribution in [2.75, 3.05) is 18.4 Å². The van der Waals surface area contributed by atoms with E-state index in [-0.39, 0.29) is 12.2 Å². The van der Waals surface area contributed by atoms with E-state index in [0.29, 0.717) is 5.92 Å². The quantitative estimate of drug-likeness (QED) is 0.821. The molecule has 0 spiro atoms. The van der Waals surface area contributed by atoms with Gasteiger partial charge in [-0.1, -0.05) is 56.3 Å². The molecular formula is C22H28N2O2. The molecule has 26 heavy (non-hydrogen) atoms. The third-order valence-corrected chi connectivity index (χ3v) is 4.81. The fourth-order valence-electron chi connectivity index (χ4n) is 3.34. The van der Waals surface area contributed by atoms with E-state index in [1.54, 1.807) is 0 Å². The summed E-state index contributed by atoms with van der Waals surface area (Å²) in [7, 11) is 0. The second-order valence-corrected chi connectivity index (χ2v) is 7.29. The van der Waals surface area contributed by atoms with Crippen LogP contribution in [0.4, 0.5) is 10.5 Å². The summed E-state index contributed by atoms with van der Waals surface area (Å²) in [6, 6.07) is 18.4. The van der Waals surface area contributed by atoms with Crippen molar-refractivity contribution in [3.05, 3.63) is 65.7 Å². The van der Waals surface area contributed by atoms with Gasteiger partial charge in [0.15, 0.2) is 0 Å². The summed E-state index contributed by atoms with van der Waals surface area (Å²) in [5, 5.41) is 2.84. The molecule has 0 aliphatic carbocycles. The summed E-state index contributed by atoms with van der Waals surface area (Å²) in [4.78, 5) is 14.6. The molecule has 0 bridgehead atoms. The summed E-state index contributed by atoms with van der Waals surface area (Å²) < 4.78 is 5.65. The van der Waals surface area contributed by atoms with E-state index in [4.69, 9.17) is 4.74 Å². The largest absolute Gasteiger partial charge is 0.445 e. The summed E-state index contributed by atoms with van der Waals surface area (Å²) in [5.74, 6) is 0.480. The number of benzene rings is 2. The number of rotatable bonds is 5. The molecule has 1 atom stereocenters. The first-order valence-corrected chi connectivity index (χ1v) is 9.44. The van der Waals surface area contributed by atoms with Crippen LogP contribution < -0.4 is 5.32 Å². The number of hydrogen-bond donors (Lipinski definition) is 1. The molecular weight excluding hydrogens is 324 g/mol. The lowest BCUT2D eigenvalue weighted by molar-refractivity contribution is 0.0471. The van der Waals surface area contributed by atoms with Gasteiger partial charge in [0.25, 0.3) is 0 Å². The Morgan fingerprint density at radius 1 is 1.15 bits per heavy atom. The van der Waals surface area contributed by atoms with Crippen LogP contribution in [0.2, 0.25) is 0 Å². The Balaban J connectivity index is 1.49. The van der Waals surface area contributed by atoms with Crippen molar-refractivity contribution in [1.29, 1.82) is 0 Å². The van der Waals surface area contributed by atoms with Gasteiger partial charge in [-0.2, -0.15) is 0 Å². The molecule has 2 aromatic carbocycles. The summed E-state index contributed by atoms with van der Waals surface area (Å²) in [6.45, 7) is 7.04. The number of nitrogens with one attached hydrogen (secondary N) is 1. The summed E-state index contributed by atoms with van der Waals surface area (Å²) in [5.41, 5.74) is 3.33. The maximum Gasteiger partial charge on any atom is 0.411 e. The first kappa shape index (κ1) is 18.5. The van der Waals surface area contributed by atoms with Gasteiger partial charge in [-0.3, -0.25) is 10.2 Å². The molecule has 4 nitrogen and oxygen atoms in total. The number of amides is 1. The van der Waals surface area contributed by atoms with Gasteiger partial charge in [-0.15, -0.1) is 0 Å². The average Bonchev–Trinajstić information content (AvgIpc) is 2.63. The van der Waals surface area contributed by atoms with E-state index < -0.39 is 0 Å². The normalized spacial score (nSPS) is 17.9. The molecule has 1 amide bonds. The zero-order chi connectivity index (χ0) is 18.4. The van der Waals surface area contributed by atoms with Crippen LogP contribution in [0.1, 0.15) is 43.7 Å². The molecule has 1 N–H and O–H groups in total. The SMILES string of the molecule is CC(C)c1ccc(NC(=O)OC2CCCN(Cc3ccccc3)C2)cc1. The minimum Gasteiger partial charge on any atom is -0.445 e. The standard InChI is InChI=1S/C22H28N2O2/c1-17(2)19-10-12-20(13-11-19)23-22(25)26-21-9-6-14-24(16-21)15-18-7-4-3-5-8-18/h3-5,7-8,10-13,17,21H,6,9,14-16H2,1-2H3,(H,23,25). The van der Waals surface area contributed by atoms with Gasteiger partial charge in [0.1, 0.15) is 6.10 Å². The molecule has 3 rings (SSSR count). The Kier molecular flexibility index (Phi) is 6.29. The zero-order valence-electron chi connectivity index (χ0n) is 15.7. The maximum atomic E-state index is 12.2. The summed E-state index contributed by atoms with van der Waals surface area (Å²) >= 11 is 0. The Hall–Kier alpha value is -2.33. The van der Waals surface area contributed by atoms with Gasteiger partial charge in [0.05, 0.1) is 0 Å². The fourth-order valence-corrected chi connectivity index (χ4v) is 3.34. The highest BCUT2D eigenvalue weighted by Gasteiger charge is 2.23. The zero-order valence-corrected chi connectivity index (χ0v) is 15.7.